The number of benzene rings is 2. The van der Waals surface area contributed by atoms with E-state index in [1.807, 2.05) is 0 Å². The van der Waals surface area contributed by atoms with E-state index < -0.39 is 11.8 Å². The third-order valence-corrected chi connectivity index (χ3v) is 6.34. The van der Waals surface area contributed by atoms with E-state index in [1.165, 1.54) is 25.0 Å². The lowest BCUT2D eigenvalue weighted by atomic mass is 9.95. The van der Waals surface area contributed by atoms with Crippen molar-refractivity contribution in [3.05, 3.63) is 64.7 Å². The molecule has 0 amide bonds. The molecule has 0 fully saturated rings. The molecule has 0 N–H and O–H groups in total. The van der Waals surface area contributed by atoms with E-state index in [1.54, 1.807) is 30.3 Å². The van der Waals surface area contributed by atoms with E-state index in [-0.39, 0.29) is 34.6 Å². The summed E-state index contributed by atoms with van der Waals surface area (Å²) < 4.78 is 5.59. The average Bonchev–Trinajstić information content (AvgIpc) is 2.90. The van der Waals surface area contributed by atoms with Gasteiger partial charge in [-0.1, -0.05) is 95.9 Å². The maximum absolute atomic E-state index is 13.4. The molecular weight excluding hydrogens is 452 g/mol. The summed E-state index contributed by atoms with van der Waals surface area (Å²) in [6.45, 7) is 4.31. The van der Waals surface area contributed by atoms with Gasteiger partial charge in [-0.25, -0.2) is 0 Å². The Morgan fingerprint density at radius 1 is 0.722 bits per heavy atom. The molecule has 0 aromatic heterocycles. The monoisotopic (exact) mass is 492 g/mol. The number of rotatable bonds is 18. The number of esters is 1. The van der Waals surface area contributed by atoms with E-state index in [9.17, 15) is 19.2 Å². The Bertz CT molecular complexity index is 1010. The van der Waals surface area contributed by atoms with E-state index in [0.29, 0.717) is 18.3 Å². The topological polar surface area (TPSA) is 77.5 Å². The highest BCUT2D eigenvalue weighted by Crippen LogP contribution is 2.26. The molecule has 0 spiro atoms. The number of carbonyl (C=O) groups is 4. The number of Topliss-reactive ketones (excluding diaryl/α,β-unsaturated/α-hetero) is 1. The molecule has 0 radical (unpaired) electrons. The molecule has 0 unspecified atom stereocenters. The summed E-state index contributed by atoms with van der Waals surface area (Å²) in [5, 5.41) is 0. The Kier molecular flexibility index (Phi) is 13.4. The fourth-order valence-electron chi connectivity index (χ4n) is 4.18. The number of unbranched alkanes of at least 4 members (excludes halogenated alkanes) is 9. The minimum atomic E-state index is -0.447. The molecule has 2 aromatic carbocycles. The van der Waals surface area contributed by atoms with Crippen molar-refractivity contribution in [1.82, 2.24) is 0 Å². The zero-order chi connectivity index (χ0) is 26.2. The third kappa shape index (κ3) is 9.52. The standard InChI is InChI=1S/C31H40O5/c1-3-5-7-9-11-13-19-30(34)36-29-21-20-24(28(33)18-12-10-8-6-4-2)22-27(29)31(35)26-17-15-14-16-25(26)23-32/h14-17,20-23H,3-13,18-19H2,1-2H3. The third-order valence-electron chi connectivity index (χ3n) is 6.34. The Morgan fingerprint density at radius 2 is 1.33 bits per heavy atom. The minimum Gasteiger partial charge on any atom is -0.426 e. The van der Waals surface area contributed by atoms with Crippen molar-refractivity contribution in [2.75, 3.05) is 0 Å². The highest BCUT2D eigenvalue weighted by atomic mass is 16.5. The normalized spacial score (nSPS) is 10.7. The van der Waals surface area contributed by atoms with Crippen LogP contribution >= 0.6 is 0 Å². The molecule has 0 aliphatic carbocycles. The zero-order valence-corrected chi connectivity index (χ0v) is 21.9. The van der Waals surface area contributed by atoms with Gasteiger partial charge in [0.1, 0.15) is 5.75 Å². The van der Waals surface area contributed by atoms with Gasteiger partial charge in [-0.2, -0.15) is 0 Å². The summed E-state index contributed by atoms with van der Waals surface area (Å²) in [5.74, 6) is -0.777. The zero-order valence-electron chi connectivity index (χ0n) is 21.9. The van der Waals surface area contributed by atoms with Crippen LogP contribution in [0.15, 0.2) is 42.5 Å². The number of carbonyl (C=O) groups excluding carboxylic acids is 4. The van der Waals surface area contributed by atoms with E-state index in [2.05, 4.69) is 13.8 Å². The van der Waals surface area contributed by atoms with Crippen LogP contribution in [-0.4, -0.2) is 23.8 Å². The summed E-state index contributed by atoms with van der Waals surface area (Å²) in [6, 6.07) is 11.1. The maximum atomic E-state index is 13.4. The lowest BCUT2D eigenvalue weighted by Crippen LogP contribution is -2.14. The number of hydrogen-bond acceptors (Lipinski definition) is 5. The molecule has 0 saturated heterocycles. The number of hydrogen-bond donors (Lipinski definition) is 0. The highest BCUT2D eigenvalue weighted by Gasteiger charge is 2.21. The summed E-state index contributed by atoms with van der Waals surface area (Å²) in [5.41, 5.74) is 0.995. The summed E-state index contributed by atoms with van der Waals surface area (Å²) in [6.07, 6.45) is 12.8. The second-order valence-electron chi connectivity index (χ2n) is 9.32. The SMILES string of the molecule is CCCCCCCCC(=O)Oc1ccc(C(=O)CCCCCCC)cc1C(=O)c1ccccc1C=O. The summed E-state index contributed by atoms with van der Waals surface area (Å²) in [7, 11) is 0. The molecule has 2 aromatic rings. The number of ketones is 2. The molecule has 5 nitrogen and oxygen atoms in total. The van der Waals surface area contributed by atoms with Gasteiger partial charge in [0.25, 0.3) is 0 Å². The smallest absolute Gasteiger partial charge is 0.311 e. The van der Waals surface area contributed by atoms with Crippen LogP contribution in [0.2, 0.25) is 0 Å². The van der Waals surface area contributed by atoms with Crippen LogP contribution < -0.4 is 4.74 Å². The molecule has 5 heteroatoms. The van der Waals surface area contributed by atoms with E-state index in [0.717, 1.165) is 57.8 Å². The Morgan fingerprint density at radius 3 is 2.00 bits per heavy atom. The lowest BCUT2D eigenvalue weighted by molar-refractivity contribution is -0.134. The van der Waals surface area contributed by atoms with Crippen molar-refractivity contribution < 1.29 is 23.9 Å². The predicted molar refractivity (Wildman–Crippen MR) is 143 cm³/mol. The first kappa shape index (κ1) is 29.2. The maximum Gasteiger partial charge on any atom is 0.311 e. The first-order valence-corrected chi connectivity index (χ1v) is 13.5. The fourth-order valence-corrected chi connectivity index (χ4v) is 4.18. The Labute approximate surface area is 215 Å². The quantitative estimate of drug-likeness (QED) is 0.0694. The van der Waals surface area contributed by atoms with Gasteiger partial charge in [0, 0.05) is 29.5 Å². The Hall–Kier alpha value is -3.08. The second kappa shape index (κ2) is 16.6. The van der Waals surface area contributed by atoms with Crippen molar-refractivity contribution in [3.8, 4) is 5.75 Å². The summed E-state index contributed by atoms with van der Waals surface area (Å²) in [4.78, 5) is 50.3. The van der Waals surface area contributed by atoms with Crippen molar-refractivity contribution in [3.63, 3.8) is 0 Å². The number of ether oxygens (including phenoxy) is 1. The summed E-state index contributed by atoms with van der Waals surface area (Å²) >= 11 is 0. The van der Waals surface area contributed by atoms with Crippen LogP contribution in [0.1, 0.15) is 134 Å². The molecule has 0 aliphatic rings. The van der Waals surface area contributed by atoms with Crippen molar-refractivity contribution in [2.45, 2.75) is 97.3 Å². The van der Waals surface area contributed by atoms with Crippen LogP contribution in [0, 0.1) is 0 Å². The highest BCUT2D eigenvalue weighted by molar-refractivity contribution is 6.15. The first-order valence-electron chi connectivity index (χ1n) is 13.5. The molecular formula is C31H40O5. The average molecular weight is 493 g/mol. The van der Waals surface area contributed by atoms with Gasteiger partial charge in [0.2, 0.25) is 0 Å². The van der Waals surface area contributed by atoms with Gasteiger partial charge < -0.3 is 4.74 Å². The van der Waals surface area contributed by atoms with Gasteiger partial charge in [-0.3, -0.25) is 19.2 Å². The Balaban J connectivity index is 2.19. The van der Waals surface area contributed by atoms with Crippen LogP contribution in [-0.2, 0) is 4.79 Å². The van der Waals surface area contributed by atoms with E-state index >= 15 is 0 Å². The van der Waals surface area contributed by atoms with Gasteiger partial charge in [0.05, 0.1) is 5.56 Å². The van der Waals surface area contributed by atoms with Crippen LogP contribution in [0.3, 0.4) is 0 Å². The van der Waals surface area contributed by atoms with Crippen LogP contribution in [0.25, 0.3) is 0 Å². The molecule has 0 heterocycles. The molecule has 0 saturated carbocycles. The molecule has 0 aliphatic heterocycles. The first-order chi connectivity index (χ1) is 17.5. The lowest BCUT2D eigenvalue weighted by Gasteiger charge is -2.12. The van der Waals surface area contributed by atoms with E-state index in [4.69, 9.17) is 4.74 Å². The fraction of sp³-hybridized carbons (Fsp3) is 0.484. The van der Waals surface area contributed by atoms with Crippen molar-refractivity contribution in [2.24, 2.45) is 0 Å². The minimum absolute atomic E-state index is 0.0471. The molecule has 2 rings (SSSR count). The van der Waals surface area contributed by atoms with Crippen molar-refractivity contribution in [1.29, 1.82) is 0 Å². The predicted octanol–water partition coefficient (Wildman–Crippen LogP) is 7.93. The van der Waals surface area contributed by atoms with Crippen molar-refractivity contribution >= 4 is 23.8 Å². The van der Waals surface area contributed by atoms with Crippen LogP contribution in [0.5, 0.6) is 5.75 Å². The molecule has 194 valence electrons. The number of aldehydes is 1. The van der Waals surface area contributed by atoms with Gasteiger partial charge >= 0.3 is 5.97 Å². The molecule has 0 bridgehead atoms. The van der Waals surface area contributed by atoms with Gasteiger partial charge in [0.15, 0.2) is 17.9 Å². The second-order valence-corrected chi connectivity index (χ2v) is 9.32. The van der Waals surface area contributed by atoms with Gasteiger partial charge in [-0.15, -0.1) is 0 Å². The molecule has 36 heavy (non-hydrogen) atoms. The largest absolute Gasteiger partial charge is 0.426 e. The van der Waals surface area contributed by atoms with Crippen LogP contribution in [0.4, 0.5) is 0 Å². The van der Waals surface area contributed by atoms with Gasteiger partial charge in [-0.05, 0) is 31.0 Å². The molecule has 0 atom stereocenters.